The molecule has 0 aromatic heterocycles. The van der Waals surface area contributed by atoms with Gasteiger partial charge in [0.2, 0.25) is 5.91 Å². The summed E-state index contributed by atoms with van der Waals surface area (Å²) in [5.41, 5.74) is 0.829. The molecule has 2 aliphatic carbocycles. The van der Waals surface area contributed by atoms with Gasteiger partial charge in [0.1, 0.15) is 5.75 Å². The summed E-state index contributed by atoms with van der Waals surface area (Å²) in [6.45, 7) is 0. The lowest BCUT2D eigenvalue weighted by Crippen LogP contribution is -2.27. The largest absolute Gasteiger partial charge is 0.495 e. The van der Waals surface area contributed by atoms with Gasteiger partial charge >= 0.3 is 0 Å². The Balaban J connectivity index is 1.55. The first-order chi connectivity index (χ1) is 13.9. The Labute approximate surface area is 179 Å². The van der Waals surface area contributed by atoms with Gasteiger partial charge in [-0.2, -0.15) is 0 Å². The van der Waals surface area contributed by atoms with Crippen molar-refractivity contribution in [2.24, 2.45) is 17.8 Å². The number of fused-ring (bicyclic) bond motifs is 2. The van der Waals surface area contributed by atoms with Gasteiger partial charge < -0.3 is 10.1 Å². The molecule has 2 aliphatic rings. The summed E-state index contributed by atoms with van der Waals surface area (Å²) in [5.74, 6) is 1.48. The van der Waals surface area contributed by atoms with Gasteiger partial charge in [-0.15, -0.1) is 0 Å². The molecule has 2 N–H and O–H groups in total. The van der Waals surface area contributed by atoms with E-state index in [1.807, 2.05) is 0 Å². The molecular weight excluding hydrogens is 456 g/mol. The van der Waals surface area contributed by atoms with Gasteiger partial charge in [0.05, 0.1) is 17.7 Å². The van der Waals surface area contributed by atoms with Crippen molar-refractivity contribution in [1.29, 1.82) is 0 Å². The predicted molar refractivity (Wildman–Crippen MR) is 116 cm³/mol. The standard InChI is InChI=1S/C21H23BrN2O4S/c1-28-20-9-8-17(29(26,27)24-16-6-4-15(22)5-7-16)12-19(20)23-21(25)18-11-13-2-3-14(18)10-13/h4-9,12-14,18,24H,2-3,10-11H2,1H3,(H,23,25). The zero-order valence-corrected chi connectivity index (χ0v) is 18.4. The Bertz CT molecular complexity index is 1020. The van der Waals surface area contributed by atoms with Gasteiger partial charge in [0, 0.05) is 16.1 Å². The Morgan fingerprint density at radius 3 is 2.48 bits per heavy atom. The van der Waals surface area contributed by atoms with E-state index in [9.17, 15) is 13.2 Å². The first kappa shape index (κ1) is 20.2. The van der Waals surface area contributed by atoms with Gasteiger partial charge in [0.25, 0.3) is 10.0 Å². The maximum Gasteiger partial charge on any atom is 0.261 e. The zero-order valence-electron chi connectivity index (χ0n) is 16.0. The number of ether oxygens (including phenoxy) is 1. The molecule has 1 amide bonds. The molecule has 2 bridgehead atoms. The van der Waals surface area contributed by atoms with Crippen molar-refractivity contribution in [3.63, 3.8) is 0 Å². The molecule has 3 unspecified atom stereocenters. The fraction of sp³-hybridized carbons (Fsp3) is 0.381. The van der Waals surface area contributed by atoms with Crippen LogP contribution in [0.4, 0.5) is 11.4 Å². The fourth-order valence-electron chi connectivity index (χ4n) is 4.48. The summed E-state index contributed by atoms with van der Waals surface area (Å²) in [4.78, 5) is 12.9. The Morgan fingerprint density at radius 2 is 1.86 bits per heavy atom. The average molecular weight is 479 g/mol. The number of benzene rings is 2. The third-order valence-electron chi connectivity index (χ3n) is 5.91. The summed E-state index contributed by atoms with van der Waals surface area (Å²) in [7, 11) is -2.31. The Hall–Kier alpha value is -2.06. The van der Waals surface area contributed by atoms with Gasteiger partial charge in [-0.25, -0.2) is 8.42 Å². The van der Waals surface area contributed by atoms with E-state index in [-0.39, 0.29) is 16.7 Å². The molecule has 0 aliphatic heterocycles. The second-order valence-corrected chi connectivity index (χ2v) is 10.3. The van der Waals surface area contributed by atoms with Crippen LogP contribution in [0.2, 0.25) is 0 Å². The van der Waals surface area contributed by atoms with Gasteiger partial charge in [-0.1, -0.05) is 22.4 Å². The molecule has 8 heteroatoms. The second kappa shape index (κ2) is 7.99. The fourth-order valence-corrected chi connectivity index (χ4v) is 5.82. The molecule has 0 heterocycles. The van der Waals surface area contributed by atoms with E-state index < -0.39 is 10.0 Å². The number of rotatable bonds is 6. The van der Waals surface area contributed by atoms with E-state index in [0.717, 1.165) is 23.7 Å². The minimum Gasteiger partial charge on any atom is -0.495 e. The molecule has 4 rings (SSSR count). The highest BCUT2D eigenvalue weighted by Gasteiger charge is 2.43. The SMILES string of the molecule is COc1ccc(S(=O)(=O)Nc2ccc(Br)cc2)cc1NC(=O)C1CC2CCC1C2. The Kier molecular flexibility index (Phi) is 5.57. The number of nitrogens with one attached hydrogen (secondary N) is 2. The molecule has 2 aromatic carbocycles. The van der Waals surface area contributed by atoms with Crippen LogP contribution >= 0.6 is 15.9 Å². The molecule has 29 heavy (non-hydrogen) atoms. The molecule has 154 valence electrons. The van der Waals surface area contributed by atoms with E-state index >= 15 is 0 Å². The van der Waals surface area contributed by atoms with Crippen molar-refractivity contribution >= 4 is 43.2 Å². The van der Waals surface area contributed by atoms with Crippen LogP contribution in [0.25, 0.3) is 0 Å². The highest BCUT2D eigenvalue weighted by Crippen LogP contribution is 2.48. The van der Waals surface area contributed by atoms with Crippen LogP contribution in [0.15, 0.2) is 51.8 Å². The van der Waals surface area contributed by atoms with Crippen LogP contribution in [0.1, 0.15) is 25.7 Å². The van der Waals surface area contributed by atoms with Crippen LogP contribution in [-0.4, -0.2) is 21.4 Å². The summed E-state index contributed by atoms with van der Waals surface area (Å²) in [5, 5.41) is 2.91. The number of anilines is 2. The first-order valence-electron chi connectivity index (χ1n) is 9.63. The maximum atomic E-state index is 12.8. The number of carbonyl (C=O) groups is 1. The number of halogens is 1. The Morgan fingerprint density at radius 1 is 1.10 bits per heavy atom. The average Bonchev–Trinajstić information content (AvgIpc) is 3.33. The van der Waals surface area contributed by atoms with Crippen LogP contribution in [0.5, 0.6) is 5.75 Å². The molecule has 2 saturated carbocycles. The normalized spacial score (nSPS) is 23.0. The lowest BCUT2D eigenvalue weighted by atomic mass is 9.88. The van der Waals surface area contributed by atoms with Crippen LogP contribution < -0.4 is 14.8 Å². The highest BCUT2D eigenvalue weighted by atomic mass is 79.9. The van der Waals surface area contributed by atoms with Crippen molar-refractivity contribution in [1.82, 2.24) is 0 Å². The summed E-state index contributed by atoms with van der Waals surface area (Å²) < 4.78 is 34.4. The molecule has 6 nitrogen and oxygen atoms in total. The predicted octanol–water partition coefficient (Wildman–Crippen LogP) is 4.63. The number of hydrogen-bond acceptors (Lipinski definition) is 4. The van der Waals surface area contributed by atoms with Crippen LogP contribution in [-0.2, 0) is 14.8 Å². The molecule has 2 aromatic rings. The molecule has 3 atom stereocenters. The lowest BCUT2D eigenvalue weighted by Gasteiger charge is -2.21. The van der Waals surface area contributed by atoms with Crippen molar-refractivity contribution in [3.8, 4) is 5.75 Å². The van der Waals surface area contributed by atoms with E-state index in [4.69, 9.17) is 4.74 Å². The number of carbonyl (C=O) groups excluding carboxylic acids is 1. The molecule has 0 saturated heterocycles. The first-order valence-corrected chi connectivity index (χ1v) is 11.9. The summed E-state index contributed by atoms with van der Waals surface area (Å²) >= 11 is 3.33. The number of methoxy groups -OCH3 is 1. The third kappa shape index (κ3) is 4.28. The quantitative estimate of drug-likeness (QED) is 0.633. The van der Waals surface area contributed by atoms with E-state index in [2.05, 4.69) is 26.0 Å². The van der Waals surface area contributed by atoms with E-state index in [1.165, 1.54) is 25.7 Å². The molecule has 2 fully saturated rings. The third-order valence-corrected chi connectivity index (χ3v) is 7.82. The van der Waals surface area contributed by atoms with Crippen molar-refractivity contribution < 1.29 is 17.9 Å². The minimum atomic E-state index is -3.81. The zero-order chi connectivity index (χ0) is 20.6. The van der Waals surface area contributed by atoms with Crippen molar-refractivity contribution in [3.05, 3.63) is 46.9 Å². The highest BCUT2D eigenvalue weighted by molar-refractivity contribution is 9.10. The maximum absolute atomic E-state index is 12.8. The van der Waals surface area contributed by atoms with Gasteiger partial charge in [-0.3, -0.25) is 9.52 Å². The number of sulfonamides is 1. The van der Waals surface area contributed by atoms with Crippen molar-refractivity contribution in [2.45, 2.75) is 30.6 Å². The van der Waals surface area contributed by atoms with Gasteiger partial charge in [0.15, 0.2) is 0 Å². The van der Waals surface area contributed by atoms with Crippen molar-refractivity contribution in [2.75, 3.05) is 17.1 Å². The monoisotopic (exact) mass is 478 g/mol. The smallest absolute Gasteiger partial charge is 0.261 e. The van der Waals surface area contributed by atoms with Crippen LogP contribution in [0.3, 0.4) is 0 Å². The molecule has 0 radical (unpaired) electrons. The number of hydrogen-bond donors (Lipinski definition) is 2. The minimum absolute atomic E-state index is 0.000361. The van der Waals surface area contributed by atoms with E-state index in [0.29, 0.717) is 29.0 Å². The van der Waals surface area contributed by atoms with Crippen LogP contribution in [0, 0.1) is 17.8 Å². The lowest BCUT2D eigenvalue weighted by molar-refractivity contribution is -0.121. The topological polar surface area (TPSA) is 84.5 Å². The van der Waals surface area contributed by atoms with E-state index in [1.54, 1.807) is 30.3 Å². The summed E-state index contributed by atoms with van der Waals surface area (Å²) in [6, 6.07) is 11.3. The molecule has 0 spiro atoms. The molecular formula is C21H23BrN2O4S. The second-order valence-electron chi connectivity index (χ2n) is 7.75. The van der Waals surface area contributed by atoms with Gasteiger partial charge in [-0.05, 0) is 73.6 Å². The summed E-state index contributed by atoms with van der Waals surface area (Å²) in [6.07, 6.45) is 4.36. The number of amides is 1.